The van der Waals surface area contributed by atoms with Crippen LogP contribution in [0.25, 0.3) is 0 Å². The molecule has 2 aromatic carbocycles. The van der Waals surface area contributed by atoms with Gasteiger partial charge in [-0.1, -0.05) is 17.4 Å². The topological polar surface area (TPSA) is 63.7 Å². The fourth-order valence-corrected chi connectivity index (χ4v) is 2.79. The number of carbonyl (C=O) groups is 1. The average Bonchev–Trinajstić information content (AvgIpc) is 3.08. The van der Waals surface area contributed by atoms with Crippen LogP contribution in [0, 0.1) is 5.82 Å². The minimum absolute atomic E-state index is 0.346. The van der Waals surface area contributed by atoms with Gasteiger partial charge in [0.15, 0.2) is 5.13 Å². The van der Waals surface area contributed by atoms with E-state index < -0.39 is 0 Å². The maximum absolute atomic E-state index is 13.2. The summed E-state index contributed by atoms with van der Waals surface area (Å²) >= 11 is 1.15. The first-order chi connectivity index (χ1) is 12.5. The Labute approximate surface area is 153 Å². The van der Waals surface area contributed by atoms with Crippen LogP contribution in [0.5, 0.6) is 16.6 Å². The van der Waals surface area contributed by atoms with Crippen LogP contribution in [-0.4, -0.2) is 25.2 Å². The lowest BCUT2D eigenvalue weighted by molar-refractivity contribution is 0.258. The Kier molecular flexibility index (Phi) is 5.33. The summed E-state index contributed by atoms with van der Waals surface area (Å²) in [7, 11) is 3.23. The predicted octanol–water partition coefficient (Wildman–Crippen LogP) is 4.75. The van der Waals surface area contributed by atoms with Gasteiger partial charge in [0.2, 0.25) is 5.06 Å². The number of hydrogen-bond donors (Lipinski definition) is 1. The molecule has 1 aromatic heterocycles. The van der Waals surface area contributed by atoms with Gasteiger partial charge in [-0.15, -0.1) is 0 Å². The molecule has 0 spiro atoms. The molecule has 0 radical (unpaired) electrons. The van der Waals surface area contributed by atoms with Crippen molar-refractivity contribution in [3.63, 3.8) is 0 Å². The summed E-state index contributed by atoms with van der Waals surface area (Å²) in [6.07, 6.45) is 1.47. The van der Waals surface area contributed by atoms with Gasteiger partial charge in [-0.3, -0.25) is 10.2 Å². The summed E-state index contributed by atoms with van der Waals surface area (Å²) in [6, 6.07) is 12.5. The second-order valence-electron chi connectivity index (χ2n) is 5.23. The monoisotopic (exact) mass is 373 g/mol. The number of halogens is 1. The zero-order chi connectivity index (χ0) is 18.5. The molecule has 1 heterocycles. The van der Waals surface area contributed by atoms with Gasteiger partial charge in [0.05, 0.1) is 13.3 Å². The lowest BCUT2D eigenvalue weighted by Crippen LogP contribution is -2.30. The first kappa shape index (κ1) is 17.7. The number of methoxy groups -OCH3 is 1. The van der Waals surface area contributed by atoms with Crippen molar-refractivity contribution in [1.29, 1.82) is 0 Å². The summed E-state index contributed by atoms with van der Waals surface area (Å²) in [5, 5.41) is 3.51. The van der Waals surface area contributed by atoms with Gasteiger partial charge >= 0.3 is 6.03 Å². The minimum Gasteiger partial charge on any atom is -0.497 e. The smallest absolute Gasteiger partial charge is 0.327 e. The number of amides is 2. The number of aromatic nitrogens is 1. The molecule has 0 bridgehead atoms. The van der Waals surface area contributed by atoms with E-state index in [1.165, 1.54) is 23.2 Å². The summed E-state index contributed by atoms with van der Waals surface area (Å²) < 4.78 is 23.8. The third-order valence-electron chi connectivity index (χ3n) is 3.48. The lowest BCUT2D eigenvalue weighted by atomic mass is 10.3. The van der Waals surface area contributed by atoms with Crippen LogP contribution in [0.4, 0.5) is 20.0 Å². The van der Waals surface area contributed by atoms with Crippen LogP contribution in [0.2, 0.25) is 0 Å². The van der Waals surface area contributed by atoms with Gasteiger partial charge in [0.1, 0.15) is 17.3 Å². The zero-order valence-corrected chi connectivity index (χ0v) is 14.9. The zero-order valence-electron chi connectivity index (χ0n) is 14.1. The van der Waals surface area contributed by atoms with E-state index in [1.807, 2.05) is 0 Å². The quantitative estimate of drug-likeness (QED) is 0.701. The van der Waals surface area contributed by atoms with E-state index in [2.05, 4.69) is 10.3 Å². The van der Waals surface area contributed by atoms with Gasteiger partial charge in [-0.25, -0.2) is 14.2 Å². The van der Waals surface area contributed by atoms with Gasteiger partial charge in [0, 0.05) is 18.8 Å². The number of nitrogens with zero attached hydrogens (tertiary/aromatic N) is 2. The maximum atomic E-state index is 13.2. The fourth-order valence-electron chi connectivity index (χ4n) is 2.11. The van der Waals surface area contributed by atoms with Gasteiger partial charge in [-0.2, -0.15) is 0 Å². The van der Waals surface area contributed by atoms with Crippen LogP contribution in [-0.2, 0) is 0 Å². The molecule has 3 rings (SSSR count). The number of nitrogens with one attached hydrogen (secondary N) is 1. The molecule has 0 fully saturated rings. The van der Waals surface area contributed by atoms with Crippen molar-refractivity contribution in [1.82, 2.24) is 4.98 Å². The summed E-state index contributed by atoms with van der Waals surface area (Å²) in [5.41, 5.74) is 0.705. The number of hydrogen-bond acceptors (Lipinski definition) is 5. The largest absolute Gasteiger partial charge is 0.497 e. The highest BCUT2D eigenvalue weighted by Crippen LogP contribution is 2.30. The molecule has 0 aliphatic rings. The lowest BCUT2D eigenvalue weighted by Gasteiger charge is -2.17. The first-order valence-corrected chi connectivity index (χ1v) is 8.45. The summed E-state index contributed by atoms with van der Waals surface area (Å²) in [5.74, 6) is 0.685. The molecule has 3 aromatic rings. The van der Waals surface area contributed by atoms with Crippen LogP contribution in [0.3, 0.4) is 0 Å². The normalized spacial score (nSPS) is 10.3. The van der Waals surface area contributed by atoms with Gasteiger partial charge < -0.3 is 9.47 Å². The summed E-state index contributed by atoms with van der Waals surface area (Å²) in [4.78, 5) is 17.9. The molecule has 0 saturated carbocycles. The highest BCUT2D eigenvalue weighted by atomic mass is 32.1. The molecule has 2 amide bonds. The Morgan fingerprint density at radius 1 is 1.19 bits per heavy atom. The first-order valence-electron chi connectivity index (χ1n) is 7.63. The predicted molar refractivity (Wildman–Crippen MR) is 99.0 cm³/mol. The second kappa shape index (κ2) is 7.83. The third kappa shape index (κ3) is 4.28. The number of anilines is 2. The van der Waals surface area contributed by atoms with Crippen molar-refractivity contribution in [2.45, 2.75) is 0 Å². The third-order valence-corrected chi connectivity index (χ3v) is 4.27. The van der Waals surface area contributed by atoms with Crippen molar-refractivity contribution in [3.05, 3.63) is 60.5 Å². The second-order valence-corrected chi connectivity index (χ2v) is 6.22. The molecular weight excluding hydrogens is 357 g/mol. The molecular formula is C18H16FN3O3S. The van der Waals surface area contributed by atoms with E-state index in [-0.39, 0.29) is 11.8 Å². The van der Waals surface area contributed by atoms with E-state index in [9.17, 15) is 9.18 Å². The molecule has 134 valence electrons. The number of urea groups is 1. The summed E-state index contributed by atoms with van der Waals surface area (Å²) in [6.45, 7) is 0. The van der Waals surface area contributed by atoms with E-state index in [0.717, 1.165) is 11.3 Å². The number of thiazole rings is 1. The molecule has 8 heteroatoms. The molecule has 0 unspecified atom stereocenters. The van der Waals surface area contributed by atoms with Crippen LogP contribution < -0.4 is 19.7 Å². The van der Waals surface area contributed by atoms with Crippen molar-refractivity contribution < 1.29 is 18.7 Å². The standard InChI is InChI=1S/C18H16FN3O3S/c1-22(13-6-8-14(24-2)9-7-13)18(23)21-17-20-11-16(26-17)25-15-5-3-4-12(19)10-15/h3-11H,1-2H3,(H,20,21,23). The van der Waals surface area contributed by atoms with Gasteiger partial charge in [0.25, 0.3) is 0 Å². The van der Waals surface area contributed by atoms with Crippen LogP contribution in [0.15, 0.2) is 54.7 Å². The highest BCUT2D eigenvalue weighted by Gasteiger charge is 2.14. The minimum atomic E-state index is -0.387. The molecule has 1 N–H and O–H groups in total. The maximum Gasteiger partial charge on any atom is 0.327 e. The number of ether oxygens (including phenoxy) is 2. The van der Waals surface area contributed by atoms with E-state index in [4.69, 9.17) is 9.47 Å². The Morgan fingerprint density at radius 2 is 1.96 bits per heavy atom. The Hall–Kier alpha value is -3.13. The Balaban J connectivity index is 1.63. The van der Waals surface area contributed by atoms with Crippen molar-refractivity contribution in [2.75, 3.05) is 24.4 Å². The Bertz CT molecular complexity index is 899. The van der Waals surface area contributed by atoms with Gasteiger partial charge in [-0.05, 0) is 36.4 Å². The highest BCUT2D eigenvalue weighted by molar-refractivity contribution is 7.17. The number of benzene rings is 2. The SMILES string of the molecule is COc1ccc(N(C)C(=O)Nc2ncc(Oc3cccc(F)c3)s2)cc1. The van der Waals surface area contributed by atoms with E-state index in [0.29, 0.717) is 27.4 Å². The molecule has 0 saturated heterocycles. The molecule has 0 atom stereocenters. The molecule has 6 nitrogen and oxygen atoms in total. The van der Waals surface area contributed by atoms with E-state index >= 15 is 0 Å². The van der Waals surface area contributed by atoms with Crippen molar-refractivity contribution in [2.24, 2.45) is 0 Å². The van der Waals surface area contributed by atoms with Crippen molar-refractivity contribution in [3.8, 4) is 16.6 Å². The number of carbonyl (C=O) groups excluding carboxylic acids is 1. The number of rotatable bonds is 5. The van der Waals surface area contributed by atoms with Crippen molar-refractivity contribution >= 4 is 28.2 Å². The molecule has 26 heavy (non-hydrogen) atoms. The van der Waals surface area contributed by atoms with E-state index in [1.54, 1.807) is 50.6 Å². The van der Waals surface area contributed by atoms with Crippen LogP contribution >= 0.6 is 11.3 Å². The average molecular weight is 373 g/mol. The fraction of sp³-hybridized carbons (Fsp3) is 0.111. The Morgan fingerprint density at radius 3 is 2.65 bits per heavy atom. The van der Waals surface area contributed by atoms with Crippen LogP contribution in [0.1, 0.15) is 0 Å². The molecule has 0 aliphatic carbocycles. The molecule has 0 aliphatic heterocycles.